The van der Waals surface area contributed by atoms with Gasteiger partial charge in [0.1, 0.15) is 11.9 Å². The Bertz CT molecular complexity index is 1220. The molecule has 0 radical (unpaired) electrons. The van der Waals surface area contributed by atoms with Gasteiger partial charge < -0.3 is 9.88 Å². The van der Waals surface area contributed by atoms with E-state index in [0.29, 0.717) is 29.4 Å². The smallest absolute Gasteiger partial charge is 0.243 e. The molecular formula is C25H24Cl2N4O. The van der Waals surface area contributed by atoms with Gasteiger partial charge >= 0.3 is 0 Å². The molecule has 0 saturated heterocycles. The van der Waals surface area contributed by atoms with Crippen LogP contribution in [0.1, 0.15) is 42.9 Å². The van der Waals surface area contributed by atoms with Gasteiger partial charge in [-0.15, -0.1) is 0 Å². The fourth-order valence-electron chi connectivity index (χ4n) is 3.85. The maximum absolute atomic E-state index is 13.3. The van der Waals surface area contributed by atoms with E-state index in [4.69, 9.17) is 28.2 Å². The van der Waals surface area contributed by atoms with E-state index in [2.05, 4.69) is 21.8 Å². The molecule has 0 bridgehead atoms. The average molecular weight is 467 g/mol. The zero-order chi connectivity index (χ0) is 22.5. The Labute approximate surface area is 197 Å². The number of nitrogens with zero attached hydrogens (tertiary/aromatic N) is 3. The van der Waals surface area contributed by atoms with Gasteiger partial charge in [0.2, 0.25) is 5.91 Å². The second kappa shape index (κ2) is 10.2. The molecule has 5 nitrogen and oxygen atoms in total. The minimum atomic E-state index is -0.381. The Morgan fingerprint density at radius 3 is 2.62 bits per heavy atom. The second-order valence-corrected chi connectivity index (χ2v) is 8.47. The molecule has 7 heteroatoms. The van der Waals surface area contributed by atoms with Crippen molar-refractivity contribution in [2.75, 3.05) is 0 Å². The molecule has 0 fully saturated rings. The molecule has 2 heterocycles. The summed E-state index contributed by atoms with van der Waals surface area (Å²) in [7, 11) is 0. The Kier molecular flexibility index (Phi) is 7.08. The standard InChI is InChI=1S/C25H24Cl2N4O/c1-2-7-23(25(32)29-16-18-8-5-6-13-28-18)31-22-10-4-3-9-21(22)30-24(31)15-17-11-12-19(26)20(27)14-17/h3-6,8-14,23H,2,7,15-16H2,1H3,(H,29,32). The Hall–Kier alpha value is -2.89. The number of para-hydroxylation sites is 2. The lowest BCUT2D eigenvalue weighted by molar-refractivity contribution is -0.124. The predicted octanol–water partition coefficient (Wildman–Crippen LogP) is 5.99. The highest BCUT2D eigenvalue weighted by Gasteiger charge is 2.25. The molecule has 0 saturated carbocycles. The maximum Gasteiger partial charge on any atom is 0.243 e. The lowest BCUT2D eigenvalue weighted by Gasteiger charge is -2.21. The molecule has 2 aromatic heterocycles. The number of aromatic nitrogens is 3. The van der Waals surface area contributed by atoms with Crippen LogP contribution in [0.2, 0.25) is 10.0 Å². The van der Waals surface area contributed by atoms with E-state index in [9.17, 15) is 4.79 Å². The predicted molar refractivity (Wildman–Crippen MR) is 129 cm³/mol. The van der Waals surface area contributed by atoms with Gasteiger partial charge in [0.15, 0.2) is 0 Å². The van der Waals surface area contributed by atoms with Gasteiger partial charge in [-0.3, -0.25) is 9.78 Å². The van der Waals surface area contributed by atoms with Gasteiger partial charge in [-0.2, -0.15) is 0 Å². The van der Waals surface area contributed by atoms with Crippen molar-refractivity contribution in [2.24, 2.45) is 0 Å². The normalized spacial score (nSPS) is 12.1. The van der Waals surface area contributed by atoms with Gasteiger partial charge in [0.25, 0.3) is 0 Å². The van der Waals surface area contributed by atoms with Crippen molar-refractivity contribution >= 4 is 40.1 Å². The molecule has 2 aromatic carbocycles. The molecule has 4 rings (SSSR count). The van der Waals surface area contributed by atoms with Crippen LogP contribution in [0.25, 0.3) is 11.0 Å². The number of nitrogens with one attached hydrogen (secondary N) is 1. The molecule has 1 N–H and O–H groups in total. The van der Waals surface area contributed by atoms with E-state index in [1.165, 1.54) is 0 Å². The van der Waals surface area contributed by atoms with Crippen LogP contribution in [0.3, 0.4) is 0 Å². The summed E-state index contributed by atoms with van der Waals surface area (Å²) in [5.41, 5.74) is 3.61. The van der Waals surface area contributed by atoms with Crippen LogP contribution in [0.4, 0.5) is 0 Å². The molecule has 164 valence electrons. The Balaban J connectivity index is 1.69. The van der Waals surface area contributed by atoms with E-state index in [0.717, 1.165) is 34.5 Å². The first-order valence-corrected chi connectivity index (χ1v) is 11.4. The zero-order valence-electron chi connectivity index (χ0n) is 17.8. The summed E-state index contributed by atoms with van der Waals surface area (Å²) in [5, 5.41) is 4.08. The number of rotatable bonds is 8. The number of imidazole rings is 1. The first-order chi connectivity index (χ1) is 15.6. The Morgan fingerprint density at radius 2 is 1.88 bits per heavy atom. The summed E-state index contributed by atoms with van der Waals surface area (Å²) in [5.74, 6) is 0.770. The van der Waals surface area contributed by atoms with Crippen molar-refractivity contribution in [2.45, 2.75) is 38.8 Å². The number of carbonyl (C=O) groups is 1. The van der Waals surface area contributed by atoms with Crippen molar-refractivity contribution in [1.29, 1.82) is 0 Å². The maximum atomic E-state index is 13.3. The molecule has 0 aliphatic rings. The first-order valence-electron chi connectivity index (χ1n) is 10.6. The highest BCUT2D eigenvalue weighted by atomic mass is 35.5. The van der Waals surface area contributed by atoms with Crippen LogP contribution in [0.5, 0.6) is 0 Å². The summed E-state index contributed by atoms with van der Waals surface area (Å²) in [6.07, 6.45) is 3.83. The zero-order valence-corrected chi connectivity index (χ0v) is 19.3. The number of carbonyl (C=O) groups excluding carboxylic acids is 1. The van der Waals surface area contributed by atoms with Gasteiger partial charge in [-0.25, -0.2) is 4.98 Å². The summed E-state index contributed by atoms with van der Waals surface area (Å²) in [6, 6.07) is 18.8. The minimum absolute atomic E-state index is 0.0453. The van der Waals surface area contributed by atoms with E-state index in [-0.39, 0.29) is 11.9 Å². The number of hydrogen-bond donors (Lipinski definition) is 1. The first kappa shape index (κ1) is 22.3. The lowest BCUT2D eigenvalue weighted by atomic mass is 10.1. The van der Waals surface area contributed by atoms with E-state index in [1.807, 2.05) is 54.6 Å². The topological polar surface area (TPSA) is 59.8 Å². The lowest BCUT2D eigenvalue weighted by Crippen LogP contribution is -2.33. The van der Waals surface area contributed by atoms with E-state index < -0.39 is 0 Å². The van der Waals surface area contributed by atoms with Crippen LogP contribution in [0.15, 0.2) is 66.9 Å². The molecule has 0 aliphatic heterocycles. The number of pyridine rings is 1. The fourth-order valence-corrected chi connectivity index (χ4v) is 4.17. The van der Waals surface area contributed by atoms with Gasteiger partial charge in [-0.05, 0) is 48.4 Å². The van der Waals surface area contributed by atoms with Crippen molar-refractivity contribution in [3.05, 3.63) is 94.0 Å². The summed E-state index contributed by atoms with van der Waals surface area (Å²) in [6.45, 7) is 2.46. The summed E-state index contributed by atoms with van der Waals surface area (Å²) in [4.78, 5) is 22.5. The van der Waals surface area contributed by atoms with Gasteiger partial charge in [0, 0.05) is 12.6 Å². The number of halogens is 2. The molecule has 32 heavy (non-hydrogen) atoms. The molecule has 1 atom stereocenters. The third-order valence-electron chi connectivity index (χ3n) is 5.36. The van der Waals surface area contributed by atoms with Crippen molar-refractivity contribution in [3.63, 3.8) is 0 Å². The van der Waals surface area contributed by atoms with E-state index >= 15 is 0 Å². The van der Waals surface area contributed by atoms with Gasteiger partial charge in [-0.1, -0.05) is 60.8 Å². The summed E-state index contributed by atoms with van der Waals surface area (Å²) >= 11 is 12.3. The number of fused-ring (bicyclic) bond motifs is 1. The quantitative estimate of drug-likeness (QED) is 0.347. The van der Waals surface area contributed by atoms with Crippen LogP contribution in [-0.2, 0) is 17.8 Å². The third-order valence-corrected chi connectivity index (χ3v) is 6.10. The number of amides is 1. The molecule has 0 spiro atoms. The van der Waals surface area contributed by atoms with Crippen LogP contribution >= 0.6 is 23.2 Å². The monoisotopic (exact) mass is 466 g/mol. The molecule has 1 unspecified atom stereocenters. The highest BCUT2D eigenvalue weighted by molar-refractivity contribution is 6.42. The average Bonchev–Trinajstić information content (AvgIpc) is 3.16. The Morgan fingerprint density at radius 1 is 1.06 bits per heavy atom. The fraction of sp³-hybridized carbons (Fsp3) is 0.240. The largest absolute Gasteiger partial charge is 0.349 e. The third kappa shape index (κ3) is 4.95. The van der Waals surface area contributed by atoms with Crippen molar-refractivity contribution in [1.82, 2.24) is 19.9 Å². The van der Waals surface area contributed by atoms with Crippen molar-refractivity contribution < 1.29 is 4.79 Å². The second-order valence-electron chi connectivity index (χ2n) is 7.66. The van der Waals surface area contributed by atoms with Crippen molar-refractivity contribution in [3.8, 4) is 0 Å². The molecular weight excluding hydrogens is 443 g/mol. The number of hydrogen-bond acceptors (Lipinski definition) is 3. The SMILES string of the molecule is CCCC(C(=O)NCc1ccccn1)n1c(Cc2ccc(Cl)c(Cl)c2)nc2ccccc21. The molecule has 4 aromatic rings. The van der Waals surface area contributed by atoms with Crippen LogP contribution in [0, 0.1) is 0 Å². The summed E-state index contributed by atoms with van der Waals surface area (Å²) < 4.78 is 2.06. The minimum Gasteiger partial charge on any atom is -0.349 e. The van der Waals surface area contributed by atoms with Gasteiger partial charge in [0.05, 0.1) is 33.3 Å². The number of benzene rings is 2. The molecule has 0 aliphatic carbocycles. The van der Waals surface area contributed by atoms with Crippen LogP contribution in [-0.4, -0.2) is 20.4 Å². The van der Waals surface area contributed by atoms with E-state index in [1.54, 1.807) is 12.3 Å². The molecule has 1 amide bonds. The van der Waals surface area contributed by atoms with Crippen LogP contribution < -0.4 is 5.32 Å². The highest BCUT2D eigenvalue weighted by Crippen LogP contribution is 2.28.